The maximum absolute atomic E-state index is 13.4. The lowest BCUT2D eigenvalue weighted by Gasteiger charge is -2.31. The summed E-state index contributed by atoms with van der Waals surface area (Å²) in [7, 11) is 0. The zero-order chi connectivity index (χ0) is 22.3. The van der Waals surface area contributed by atoms with Crippen molar-refractivity contribution in [3.8, 4) is 0 Å². The molecule has 7 heteroatoms. The second-order valence-electron chi connectivity index (χ2n) is 9.82. The van der Waals surface area contributed by atoms with Gasteiger partial charge in [-0.1, -0.05) is 30.3 Å². The van der Waals surface area contributed by atoms with Gasteiger partial charge in [0.2, 0.25) is 6.04 Å². The fraction of sp³-hybridized carbons (Fsp3) is 0.680. The van der Waals surface area contributed by atoms with Crippen molar-refractivity contribution >= 4 is 11.9 Å². The number of benzene rings is 1. The highest BCUT2D eigenvalue weighted by Gasteiger charge is 2.78. The van der Waals surface area contributed by atoms with Gasteiger partial charge in [-0.05, 0) is 51.0 Å². The van der Waals surface area contributed by atoms with Gasteiger partial charge >= 0.3 is 11.9 Å². The predicted octanol–water partition coefficient (Wildman–Crippen LogP) is 3.00. The van der Waals surface area contributed by atoms with Gasteiger partial charge in [0.05, 0.1) is 19.3 Å². The van der Waals surface area contributed by atoms with Gasteiger partial charge in [0.25, 0.3) is 6.23 Å². The lowest BCUT2D eigenvalue weighted by atomic mass is 9.83. The molecule has 4 fully saturated rings. The molecule has 2 bridgehead atoms. The Bertz CT molecular complexity index is 841. The Morgan fingerprint density at radius 3 is 2.69 bits per heavy atom. The lowest BCUT2D eigenvalue weighted by Crippen LogP contribution is -2.51. The largest absolute Gasteiger partial charge is 0.362 e. The normalized spacial score (nSPS) is 38.9. The quantitative estimate of drug-likeness (QED) is 0.575. The summed E-state index contributed by atoms with van der Waals surface area (Å²) < 4.78 is 12.9. The van der Waals surface area contributed by atoms with E-state index in [1.54, 1.807) is 0 Å². The van der Waals surface area contributed by atoms with Crippen molar-refractivity contribution in [3.05, 3.63) is 35.9 Å². The summed E-state index contributed by atoms with van der Waals surface area (Å²) in [6, 6.07) is 10.6. The van der Waals surface area contributed by atoms with Crippen molar-refractivity contribution in [2.24, 2.45) is 0 Å². The first-order valence-corrected chi connectivity index (χ1v) is 12.3. The van der Waals surface area contributed by atoms with Crippen LogP contribution in [0.3, 0.4) is 0 Å². The summed E-state index contributed by atoms with van der Waals surface area (Å²) in [6.07, 6.45) is 4.67. The van der Waals surface area contributed by atoms with E-state index in [1.807, 2.05) is 18.7 Å². The van der Waals surface area contributed by atoms with Crippen molar-refractivity contribution in [2.45, 2.75) is 82.4 Å². The number of hydrogen-bond acceptors (Lipinski definition) is 4. The fourth-order valence-corrected chi connectivity index (χ4v) is 6.38. The molecule has 3 heterocycles. The van der Waals surface area contributed by atoms with E-state index in [1.165, 1.54) is 5.56 Å². The summed E-state index contributed by atoms with van der Waals surface area (Å²) in [4.78, 5) is 28.1. The topological polar surface area (TPSA) is 67.9 Å². The Morgan fingerprint density at radius 1 is 1.22 bits per heavy atom. The number of urea groups is 1. The van der Waals surface area contributed by atoms with Crippen molar-refractivity contribution in [2.75, 3.05) is 26.2 Å². The lowest BCUT2D eigenvalue weighted by molar-refractivity contribution is -0.765. The molecule has 1 aromatic carbocycles. The van der Waals surface area contributed by atoms with E-state index in [-0.39, 0.29) is 36.4 Å². The Kier molecular flexibility index (Phi) is 5.99. The van der Waals surface area contributed by atoms with Crippen LogP contribution in [-0.4, -0.2) is 78.1 Å². The third-order valence-electron chi connectivity index (χ3n) is 8.05. The van der Waals surface area contributed by atoms with E-state index in [4.69, 9.17) is 9.47 Å². The smallest absolute Gasteiger partial charge is 0.345 e. The van der Waals surface area contributed by atoms with Crippen LogP contribution in [0, 0.1) is 0 Å². The average Bonchev–Trinajstić information content (AvgIpc) is 3.50. The number of ether oxygens (including phenoxy) is 2. The van der Waals surface area contributed by atoms with Crippen LogP contribution in [-0.2, 0) is 14.3 Å². The number of nitrogens with zero attached hydrogens (tertiary/aromatic N) is 2. The van der Waals surface area contributed by atoms with E-state index in [0.717, 1.165) is 38.6 Å². The summed E-state index contributed by atoms with van der Waals surface area (Å²) in [5.74, 6) is 0.720. The van der Waals surface area contributed by atoms with Crippen LogP contribution in [0.5, 0.6) is 0 Å². The molecule has 5 atom stereocenters. The van der Waals surface area contributed by atoms with Gasteiger partial charge < -0.3 is 19.7 Å². The van der Waals surface area contributed by atoms with Crippen LogP contribution < -0.4 is 5.32 Å². The van der Waals surface area contributed by atoms with Gasteiger partial charge in [-0.3, -0.25) is 0 Å². The summed E-state index contributed by atoms with van der Waals surface area (Å²) in [5, 5.41) is 2.94. The van der Waals surface area contributed by atoms with E-state index in [2.05, 4.69) is 35.6 Å². The summed E-state index contributed by atoms with van der Waals surface area (Å²) in [6.45, 7) is 6.16. The second-order valence-corrected chi connectivity index (χ2v) is 9.82. The van der Waals surface area contributed by atoms with E-state index < -0.39 is 6.10 Å². The van der Waals surface area contributed by atoms with E-state index in [9.17, 15) is 9.59 Å². The SMILES string of the molecule is CCNC(=O)N1CCC[N+]23C(=O)[C@@H](C)OC[C@@H]1C2[C@H]3OC1CCC(c2ccccc2)CC1. The second kappa shape index (κ2) is 8.76. The van der Waals surface area contributed by atoms with Crippen LogP contribution in [0.2, 0.25) is 0 Å². The average molecular weight is 443 g/mol. The van der Waals surface area contributed by atoms with Crippen molar-refractivity contribution < 1.29 is 23.5 Å². The molecule has 4 aliphatic rings. The predicted molar refractivity (Wildman–Crippen MR) is 120 cm³/mol. The molecule has 1 aliphatic carbocycles. The van der Waals surface area contributed by atoms with Crippen LogP contribution in [0.1, 0.15) is 57.4 Å². The minimum absolute atomic E-state index is 0.00981. The van der Waals surface area contributed by atoms with Crippen LogP contribution in [0.15, 0.2) is 30.3 Å². The van der Waals surface area contributed by atoms with Gasteiger partial charge in [0.15, 0.2) is 6.10 Å². The molecule has 3 saturated heterocycles. The standard InChI is InChI=1S/C25H35N3O4/c1-3-26-25(30)27-14-7-15-28-22(21(27)16-31-17(2)23(28)29)24(28)32-20-12-10-19(11-13-20)18-8-5-4-6-9-18/h4-6,8-9,17,19-22,24H,3,7,10-16H2,1-2H3/p+1/t17-,19?,20?,21-,22?,24-,28?/m1/s1. The number of rotatable bonds is 4. The maximum atomic E-state index is 13.4. The maximum Gasteiger partial charge on any atom is 0.345 e. The molecule has 5 rings (SSSR count). The highest BCUT2D eigenvalue weighted by atomic mass is 16.5. The number of nitrogens with one attached hydrogen (secondary N) is 1. The zero-order valence-corrected chi connectivity index (χ0v) is 19.2. The van der Waals surface area contributed by atoms with Crippen LogP contribution in [0.25, 0.3) is 0 Å². The minimum atomic E-state index is -0.459. The summed E-state index contributed by atoms with van der Waals surface area (Å²) >= 11 is 0. The highest BCUT2D eigenvalue weighted by molar-refractivity contribution is 5.78. The Hall–Kier alpha value is -1.96. The Balaban J connectivity index is 1.31. The van der Waals surface area contributed by atoms with Gasteiger partial charge in [-0.15, -0.1) is 0 Å². The first kappa shape index (κ1) is 21.9. The van der Waals surface area contributed by atoms with Crippen molar-refractivity contribution in [1.82, 2.24) is 10.2 Å². The van der Waals surface area contributed by atoms with Gasteiger partial charge in [-0.25, -0.2) is 14.1 Å². The number of carbonyl (C=O) groups is 2. The molecule has 3 amide bonds. The Morgan fingerprint density at radius 2 is 1.97 bits per heavy atom. The third kappa shape index (κ3) is 3.64. The van der Waals surface area contributed by atoms with Gasteiger partial charge in [-0.2, -0.15) is 0 Å². The van der Waals surface area contributed by atoms with Gasteiger partial charge in [0, 0.05) is 19.5 Å². The number of quaternary nitrogens is 1. The number of amides is 3. The highest BCUT2D eigenvalue weighted by Crippen LogP contribution is 2.50. The monoisotopic (exact) mass is 442 g/mol. The minimum Gasteiger partial charge on any atom is -0.362 e. The molecule has 0 spiro atoms. The molecule has 1 aromatic rings. The number of carbonyl (C=O) groups excluding carboxylic acids is 2. The third-order valence-corrected chi connectivity index (χ3v) is 8.05. The van der Waals surface area contributed by atoms with Crippen LogP contribution >= 0.6 is 0 Å². The molecule has 1 N–H and O–H groups in total. The number of hydrogen-bond donors (Lipinski definition) is 1. The van der Waals surface area contributed by atoms with E-state index in [0.29, 0.717) is 30.1 Å². The molecule has 7 nitrogen and oxygen atoms in total. The summed E-state index contributed by atoms with van der Waals surface area (Å²) in [5.41, 5.74) is 1.42. The molecule has 0 aromatic heterocycles. The Labute approximate surface area is 190 Å². The van der Waals surface area contributed by atoms with Crippen molar-refractivity contribution in [3.63, 3.8) is 0 Å². The molecular weight excluding hydrogens is 406 g/mol. The first-order valence-electron chi connectivity index (χ1n) is 12.3. The molecule has 2 unspecified atom stereocenters. The zero-order valence-electron chi connectivity index (χ0n) is 19.2. The first-order chi connectivity index (χ1) is 15.6. The molecule has 0 radical (unpaired) electrons. The molecular formula is C25H36N3O4+. The van der Waals surface area contributed by atoms with Crippen molar-refractivity contribution in [1.29, 1.82) is 0 Å². The molecule has 32 heavy (non-hydrogen) atoms. The van der Waals surface area contributed by atoms with Gasteiger partial charge in [0.1, 0.15) is 6.04 Å². The molecule has 3 aliphatic heterocycles. The fourth-order valence-electron chi connectivity index (χ4n) is 6.38. The van der Waals surface area contributed by atoms with E-state index >= 15 is 0 Å². The van der Waals surface area contributed by atoms with Crippen LogP contribution in [0.4, 0.5) is 4.79 Å². The molecule has 174 valence electrons. The molecule has 1 saturated carbocycles.